The van der Waals surface area contributed by atoms with E-state index in [-0.39, 0.29) is 12.0 Å². The quantitative estimate of drug-likeness (QED) is 0.883. The molecule has 1 aromatic carbocycles. The maximum absolute atomic E-state index is 12.1. The molecule has 24 heavy (non-hydrogen) atoms. The minimum Gasteiger partial charge on any atom is -0.368 e. The van der Waals surface area contributed by atoms with Crippen LogP contribution < -0.4 is 10.6 Å². The number of anilines is 2. The first kappa shape index (κ1) is 16.4. The average Bonchev–Trinajstić information content (AvgIpc) is 3.07. The van der Waals surface area contributed by atoms with Crippen LogP contribution in [0.5, 0.6) is 0 Å². The number of carbonyl (C=O) groups is 1. The molecule has 1 aromatic heterocycles. The number of nitrogens with zero attached hydrogens (tertiary/aromatic N) is 2. The van der Waals surface area contributed by atoms with Gasteiger partial charge in [-0.05, 0) is 44.4 Å². The van der Waals surface area contributed by atoms with Crippen molar-refractivity contribution in [1.82, 2.24) is 9.97 Å². The molecule has 1 aliphatic rings. The van der Waals surface area contributed by atoms with Gasteiger partial charge in [0.2, 0.25) is 0 Å². The van der Waals surface area contributed by atoms with Crippen LogP contribution in [-0.4, -0.2) is 28.6 Å². The summed E-state index contributed by atoms with van der Waals surface area (Å²) in [7, 11) is 0. The van der Waals surface area contributed by atoms with Crippen molar-refractivity contribution in [2.24, 2.45) is 0 Å². The van der Waals surface area contributed by atoms with Crippen LogP contribution in [0.4, 0.5) is 11.5 Å². The van der Waals surface area contributed by atoms with Gasteiger partial charge < -0.3 is 15.4 Å². The molecular formula is C18H22N4O2. The zero-order valence-electron chi connectivity index (χ0n) is 14.0. The average molecular weight is 326 g/mol. The Morgan fingerprint density at radius 2 is 2.17 bits per heavy atom. The van der Waals surface area contributed by atoms with Crippen molar-refractivity contribution in [3.63, 3.8) is 0 Å². The molecule has 0 bridgehead atoms. The summed E-state index contributed by atoms with van der Waals surface area (Å²) in [6, 6.07) is 9.69. The van der Waals surface area contributed by atoms with Crippen LogP contribution in [0.3, 0.4) is 0 Å². The molecular weight excluding hydrogens is 304 g/mol. The lowest BCUT2D eigenvalue weighted by Gasteiger charge is -2.12. The summed E-state index contributed by atoms with van der Waals surface area (Å²) in [5.41, 5.74) is 2.78. The van der Waals surface area contributed by atoms with E-state index in [1.807, 2.05) is 44.2 Å². The highest BCUT2D eigenvalue weighted by atomic mass is 16.5. The van der Waals surface area contributed by atoms with E-state index < -0.39 is 0 Å². The van der Waals surface area contributed by atoms with Crippen LogP contribution in [0.15, 0.2) is 30.3 Å². The van der Waals surface area contributed by atoms with Crippen molar-refractivity contribution in [1.29, 1.82) is 0 Å². The molecule has 0 radical (unpaired) electrons. The molecule has 0 spiro atoms. The van der Waals surface area contributed by atoms with Crippen molar-refractivity contribution in [3.8, 4) is 0 Å². The molecule has 2 aromatic rings. The normalized spacial score (nSPS) is 16.8. The molecule has 0 aliphatic carbocycles. The van der Waals surface area contributed by atoms with E-state index in [0.717, 1.165) is 41.4 Å². The number of aryl methyl sites for hydroxylation is 2. The largest absolute Gasteiger partial charge is 0.368 e. The van der Waals surface area contributed by atoms with Gasteiger partial charge in [-0.2, -0.15) is 0 Å². The summed E-state index contributed by atoms with van der Waals surface area (Å²) in [5.74, 6) is 1.48. The molecule has 1 saturated heterocycles. The van der Waals surface area contributed by atoms with Crippen LogP contribution in [0.2, 0.25) is 0 Å². The zero-order valence-corrected chi connectivity index (χ0v) is 14.0. The number of nitrogens with one attached hydrogen (secondary N) is 2. The Kier molecular flexibility index (Phi) is 5.05. The van der Waals surface area contributed by atoms with Crippen LogP contribution in [0.1, 0.15) is 29.9 Å². The molecule has 3 rings (SSSR count). The van der Waals surface area contributed by atoms with Gasteiger partial charge in [-0.25, -0.2) is 9.97 Å². The molecule has 1 unspecified atom stereocenters. The van der Waals surface area contributed by atoms with E-state index in [4.69, 9.17) is 4.74 Å². The van der Waals surface area contributed by atoms with E-state index in [2.05, 4.69) is 20.6 Å². The predicted octanol–water partition coefficient (Wildman–Crippen LogP) is 2.82. The molecule has 0 saturated carbocycles. The van der Waals surface area contributed by atoms with Crippen molar-refractivity contribution in [2.45, 2.75) is 39.3 Å². The Balaban J connectivity index is 1.61. The lowest BCUT2D eigenvalue weighted by molar-refractivity contribution is -0.124. The molecule has 1 aliphatic heterocycles. The molecule has 6 heteroatoms. The van der Waals surface area contributed by atoms with Crippen molar-refractivity contribution in [3.05, 3.63) is 47.4 Å². The molecule has 6 nitrogen and oxygen atoms in total. The van der Waals surface area contributed by atoms with Crippen molar-refractivity contribution >= 4 is 17.4 Å². The summed E-state index contributed by atoms with van der Waals surface area (Å²) in [5, 5.41) is 6.21. The molecule has 1 amide bonds. The van der Waals surface area contributed by atoms with Gasteiger partial charge in [0.15, 0.2) is 0 Å². The lowest BCUT2D eigenvalue weighted by Crippen LogP contribution is -2.26. The standard InChI is InChI=1S/C18H22N4O2/c1-12-9-17(21-13(2)20-12)19-11-14-5-3-6-15(10-14)22-18(23)16-7-4-8-24-16/h3,5-6,9-10,16H,4,7-8,11H2,1-2H3,(H,22,23)(H,19,20,21). The van der Waals surface area contributed by atoms with Crippen LogP contribution >= 0.6 is 0 Å². The Hall–Kier alpha value is -2.47. The minimum absolute atomic E-state index is 0.0698. The first-order chi connectivity index (χ1) is 11.6. The van der Waals surface area contributed by atoms with Gasteiger partial charge in [0.1, 0.15) is 17.7 Å². The van der Waals surface area contributed by atoms with E-state index >= 15 is 0 Å². The molecule has 2 N–H and O–H groups in total. The van der Waals surface area contributed by atoms with Crippen LogP contribution in [-0.2, 0) is 16.1 Å². The monoisotopic (exact) mass is 326 g/mol. The Bertz CT molecular complexity index is 706. The topological polar surface area (TPSA) is 76.1 Å². The van der Waals surface area contributed by atoms with E-state index in [1.54, 1.807) is 0 Å². The van der Waals surface area contributed by atoms with Crippen molar-refractivity contribution in [2.75, 3.05) is 17.2 Å². The summed E-state index contributed by atoms with van der Waals surface area (Å²) >= 11 is 0. The van der Waals surface area contributed by atoms with Gasteiger partial charge in [-0.15, -0.1) is 0 Å². The molecule has 126 valence electrons. The highest BCUT2D eigenvalue weighted by Gasteiger charge is 2.23. The number of ether oxygens (including phenoxy) is 1. The minimum atomic E-state index is -0.321. The second-order valence-corrected chi connectivity index (χ2v) is 5.99. The number of rotatable bonds is 5. The third-order valence-corrected chi connectivity index (χ3v) is 3.86. The summed E-state index contributed by atoms with van der Waals surface area (Å²) in [6.07, 6.45) is 1.41. The maximum atomic E-state index is 12.1. The number of hydrogen-bond donors (Lipinski definition) is 2. The van der Waals surface area contributed by atoms with Gasteiger partial charge >= 0.3 is 0 Å². The van der Waals surface area contributed by atoms with E-state index in [0.29, 0.717) is 13.2 Å². The molecule has 1 atom stereocenters. The second-order valence-electron chi connectivity index (χ2n) is 5.99. The smallest absolute Gasteiger partial charge is 0.253 e. The Morgan fingerprint density at radius 3 is 2.92 bits per heavy atom. The fourth-order valence-corrected chi connectivity index (χ4v) is 2.77. The second kappa shape index (κ2) is 7.40. The van der Waals surface area contributed by atoms with Gasteiger partial charge in [-0.3, -0.25) is 4.79 Å². The predicted molar refractivity (Wildman–Crippen MR) is 92.9 cm³/mol. The Morgan fingerprint density at radius 1 is 1.29 bits per heavy atom. The summed E-state index contributed by atoms with van der Waals surface area (Å²) < 4.78 is 5.41. The molecule has 1 fully saturated rings. The van der Waals surface area contributed by atoms with E-state index in [1.165, 1.54) is 0 Å². The fraction of sp³-hybridized carbons (Fsp3) is 0.389. The zero-order chi connectivity index (χ0) is 16.9. The van der Waals surface area contributed by atoms with Gasteiger partial charge in [0.05, 0.1) is 0 Å². The Labute approximate surface area is 141 Å². The van der Waals surface area contributed by atoms with Crippen molar-refractivity contribution < 1.29 is 9.53 Å². The van der Waals surface area contributed by atoms with Crippen LogP contribution in [0, 0.1) is 13.8 Å². The van der Waals surface area contributed by atoms with Crippen LogP contribution in [0.25, 0.3) is 0 Å². The SMILES string of the molecule is Cc1cc(NCc2cccc(NC(=O)C3CCCO3)c2)nc(C)n1. The number of benzene rings is 1. The third kappa shape index (κ3) is 4.29. The summed E-state index contributed by atoms with van der Waals surface area (Å²) in [4.78, 5) is 20.7. The van der Waals surface area contributed by atoms with Gasteiger partial charge in [0.25, 0.3) is 5.91 Å². The fourth-order valence-electron chi connectivity index (χ4n) is 2.77. The number of carbonyl (C=O) groups excluding carboxylic acids is 1. The van der Waals surface area contributed by atoms with Gasteiger partial charge in [0, 0.05) is 30.6 Å². The lowest BCUT2D eigenvalue weighted by atomic mass is 10.2. The number of hydrogen-bond acceptors (Lipinski definition) is 5. The number of aromatic nitrogens is 2. The number of amides is 1. The molecule has 2 heterocycles. The first-order valence-electron chi connectivity index (χ1n) is 8.18. The van der Waals surface area contributed by atoms with E-state index in [9.17, 15) is 4.79 Å². The maximum Gasteiger partial charge on any atom is 0.253 e. The first-order valence-corrected chi connectivity index (χ1v) is 8.18. The highest BCUT2D eigenvalue weighted by Crippen LogP contribution is 2.17. The third-order valence-electron chi connectivity index (χ3n) is 3.86. The summed E-state index contributed by atoms with van der Waals surface area (Å²) in [6.45, 7) is 5.11. The highest BCUT2D eigenvalue weighted by molar-refractivity contribution is 5.94. The van der Waals surface area contributed by atoms with Gasteiger partial charge in [-0.1, -0.05) is 12.1 Å².